The number of benzene rings is 2. The Morgan fingerprint density at radius 3 is 2.24 bits per heavy atom. The van der Waals surface area contributed by atoms with Gasteiger partial charge in [0.05, 0.1) is 11.3 Å². The van der Waals surface area contributed by atoms with Crippen molar-refractivity contribution in [3.05, 3.63) is 65.7 Å². The molecule has 130 valence electrons. The molecular formula is C19H21N3O3. The van der Waals surface area contributed by atoms with Crippen LogP contribution in [0.4, 0.5) is 5.69 Å². The van der Waals surface area contributed by atoms with Crippen LogP contribution in [0.3, 0.4) is 0 Å². The number of hydrogen-bond acceptors (Lipinski definition) is 3. The summed E-state index contributed by atoms with van der Waals surface area (Å²) in [5.41, 5.74) is 1.74. The van der Waals surface area contributed by atoms with Gasteiger partial charge in [-0.1, -0.05) is 42.5 Å². The maximum atomic E-state index is 12.4. The van der Waals surface area contributed by atoms with Crippen molar-refractivity contribution in [3.8, 4) is 0 Å². The molecule has 0 spiro atoms. The fourth-order valence-corrected chi connectivity index (χ4v) is 2.27. The molecule has 2 aromatic rings. The zero-order valence-corrected chi connectivity index (χ0v) is 14.0. The van der Waals surface area contributed by atoms with E-state index in [1.807, 2.05) is 30.3 Å². The third-order valence-corrected chi connectivity index (χ3v) is 3.51. The molecule has 0 atom stereocenters. The molecule has 0 aliphatic heterocycles. The van der Waals surface area contributed by atoms with Crippen LogP contribution in [-0.4, -0.2) is 30.8 Å². The molecule has 0 radical (unpaired) electrons. The molecule has 0 bridgehead atoms. The second-order valence-electron chi connectivity index (χ2n) is 5.35. The lowest BCUT2D eigenvalue weighted by Gasteiger charge is -2.11. The molecule has 2 aromatic carbocycles. The number of carbonyl (C=O) groups excluding carboxylic acids is 3. The van der Waals surface area contributed by atoms with E-state index >= 15 is 0 Å². The highest BCUT2D eigenvalue weighted by atomic mass is 16.2. The van der Waals surface area contributed by atoms with Crippen LogP contribution < -0.4 is 16.0 Å². The topological polar surface area (TPSA) is 87.3 Å². The SMILES string of the molecule is CCNC(=O)C(=O)Nc1ccccc1C(=O)NCCc1ccccc1. The first kappa shape index (κ1) is 18.2. The van der Waals surface area contributed by atoms with Crippen LogP contribution in [0.2, 0.25) is 0 Å². The minimum atomic E-state index is -0.800. The van der Waals surface area contributed by atoms with Crippen LogP contribution in [0.5, 0.6) is 0 Å². The van der Waals surface area contributed by atoms with E-state index in [-0.39, 0.29) is 5.91 Å². The van der Waals surface area contributed by atoms with Gasteiger partial charge >= 0.3 is 11.8 Å². The summed E-state index contributed by atoms with van der Waals surface area (Å²) in [6.07, 6.45) is 0.708. The summed E-state index contributed by atoms with van der Waals surface area (Å²) in [5.74, 6) is -1.84. The van der Waals surface area contributed by atoms with Gasteiger partial charge in [0, 0.05) is 13.1 Å². The molecule has 0 heterocycles. The molecule has 2 rings (SSSR count). The van der Waals surface area contributed by atoms with Crippen molar-refractivity contribution in [2.75, 3.05) is 18.4 Å². The number of amides is 3. The maximum Gasteiger partial charge on any atom is 0.313 e. The molecule has 6 nitrogen and oxygen atoms in total. The Kier molecular flexibility index (Phi) is 6.71. The highest BCUT2D eigenvalue weighted by Gasteiger charge is 2.16. The molecular weight excluding hydrogens is 318 g/mol. The predicted octanol–water partition coefficient (Wildman–Crippen LogP) is 1.73. The Morgan fingerprint density at radius 1 is 0.840 bits per heavy atom. The van der Waals surface area contributed by atoms with Gasteiger partial charge in [-0.25, -0.2) is 0 Å². The lowest BCUT2D eigenvalue weighted by Crippen LogP contribution is -2.36. The van der Waals surface area contributed by atoms with Crippen LogP contribution in [-0.2, 0) is 16.0 Å². The zero-order valence-electron chi connectivity index (χ0n) is 14.0. The molecule has 25 heavy (non-hydrogen) atoms. The van der Waals surface area contributed by atoms with Gasteiger partial charge in [0.15, 0.2) is 0 Å². The van der Waals surface area contributed by atoms with Gasteiger partial charge < -0.3 is 16.0 Å². The van der Waals surface area contributed by atoms with Crippen molar-refractivity contribution in [1.82, 2.24) is 10.6 Å². The van der Waals surface area contributed by atoms with Gasteiger partial charge in [-0.2, -0.15) is 0 Å². The van der Waals surface area contributed by atoms with E-state index in [1.54, 1.807) is 31.2 Å². The average Bonchev–Trinajstić information content (AvgIpc) is 2.63. The first-order valence-electron chi connectivity index (χ1n) is 8.12. The lowest BCUT2D eigenvalue weighted by molar-refractivity contribution is -0.136. The summed E-state index contributed by atoms with van der Waals surface area (Å²) in [7, 11) is 0. The first-order valence-corrected chi connectivity index (χ1v) is 8.12. The summed E-state index contributed by atoms with van der Waals surface area (Å²) in [6, 6.07) is 16.4. The van der Waals surface area contributed by atoms with E-state index in [9.17, 15) is 14.4 Å². The van der Waals surface area contributed by atoms with E-state index in [0.717, 1.165) is 5.56 Å². The number of anilines is 1. The van der Waals surface area contributed by atoms with Crippen LogP contribution in [0.15, 0.2) is 54.6 Å². The number of rotatable bonds is 6. The summed E-state index contributed by atoms with van der Waals surface area (Å²) in [6.45, 7) is 2.55. The van der Waals surface area contributed by atoms with Crippen molar-refractivity contribution in [3.63, 3.8) is 0 Å². The Morgan fingerprint density at radius 2 is 1.52 bits per heavy atom. The molecule has 0 unspecified atom stereocenters. The quantitative estimate of drug-likeness (QED) is 0.701. The highest BCUT2D eigenvalue weighted by molar-refractivity contribution is 6.40. The predicted molar refractivity (Wildman–Crippen MR) is 96.2 cm³/mol. The first-order chi connectivity index (χ1) is 12.1. The summed E-state index contributed by atoms with van der Waals surface area (Å²) >= 11 is 0. The molecule has 3 amide bonds. The molecule has 0 aliphatic rings. The van der Waals surface area contributed by atoms with Crippen LogP contribution in [0.25, 0.3) is 0 Å². The average molecular weight is 339 g/mol. The van der Waals surface area contributed by atoms with Crippen LogP contribution >= 0.6 is 0 Å². The van der Waals surface area contributed by atoms with E-state index < -0.39 is 11.8 Å². The van der Waals surface area contributed by atoms with Crippen molar-refractivity contribution in [2.45, 2.75) is 13.3 Å². The Hall–Kier alpha value is -3.15. The normalized spacial score (nSPS) is 9.96. The third kappa shape index (κ3) is 5.46. The second-order valence-corrected chi connectivity index (χ2v) is 5.35. The van der Waals surface area contributed by atoms with Gasteiger partial charge in [-0.05, 0) is 31.0 Å². The minimum absolute atomic E-state index is 0.302. The molecule has 3 N–H and O–H groups in total. The van der Waals surface area contributed by atoms with E-state index in [4.69, 9.17) is 0 Å². The summed E-state index contributed by atoms with van der Waals surface area (Å²) < 4.78 is 0. The molecule has 6 heteroatoms. The number of hydrogen-bond donors (Lipinski definition) is 3. The molecule has 0 saturated heterocycles. The van der Waals surface area contributed by atoms with E-state index in [1.165, 1.54) is 0 Å². The minimum Gasteiger partial charge on any atom is -0.352 e. The smallest absolute Gasteiger partial charge is 0.313 e. The van der Waals surface area contributed by atoms with E-state index in [2.05, 4.69) is 16.0 Å². The highest BCUT2D eigenvalue weighted by Crippen LogP contribution is 2.14. The number of likely N-dealkylation sites (N-methyl/N-ethyl adjacent to an activating group) is 1. The number of nitrogens with one attached hydrogen (secondary N) is 3. The van der Waals surface area contributed by atoms with Crippen molar-refractivity contribution in [1.29, 1.82) is 0 Å². The van der Waals surface area contributed by atoms with Gasteiger partial charge in [-0.3, -0.25) is 14.4 Å². The second kappa shape index (κ2) is 9.22. The van der Waals surface area contributed by atoms with Gasteiger partial charge in [-0.15, -0.1) is 0 Å². The number of carbonyl (C=O) groups is 3. The van der Waals surface area contributed by atoms with Gasteiger partial charge in [0.25, 0.3) is 5.91 Å². The maximum absolute atomic E-state index is 12.4. The Bertz CT molecular complexity index is 745. The Labute approximate surface area is 146 Å². The zero-order chi connectivity index (χ0) is 18.1. The van der Waals surface area contributed by atoms with Crippen molar-refractivity contribution >= 4 is 23.4 Å². The molecule has 0 aliphatic carbocycles. The molecule has 0 fully saturated rings. The van der Waals surface area contributed by atoms with Crippen molar-refractivity contribution in [2.24, 2.45) is 0 Å². The lowest BCUT2D eigenvalue weighted by atomic mass is 10.1. The van der Waals surface area contributed by atoms with Crippen molar-refractivity contribution < 1.29 is 14.4 Å². The summed E-state index contributed by atoms with van der Waals surface area (Å²) in [5, 5.41) is 7.71. The fraction of sp³-hybridized carbons (Fsp3) is 0.211. The van der Waals surface area contributed by atoms with Gasteiger partial charge in [0.1, 0.15) is 0 Å². The molecule has 0 aromatic heterocycles. The number of para-hydroxylation sites is 1. The fourth-order valence-electron chi connectivity index (χ4n) is 2.27. The van der Waals surface area contributed by atoms with Gasteiger partial charge in [0.2, 0.25) is 0 Å². The van der Waals surface area contributed by atoms with E-state index in [0.29, 0.717) is 30.8 Å². The largest absolute Gasteiger partial charge is 0.352 e. The standard InChI is InChI=1S/C19H21N3O3/c1-2-20-18(24)19(25)22-16-11-7-6-10-15(16)17(23)21-13-12-14-8-4-3-5-9-14/h3-11H,2,12-13H2,1H3,(H,20,24)(H,21,23)(H,22,25). The summed E-state index contributed by atoms with van der Waals surface area (Å²) in [4.78, 5) is 35.7. The monoisotopic (exact) mass is 339 g/mol. The molecule has 0 saturated carbocycles. The van der Waals surface area contributed by atoms with Crippen LogP contribution in [0, 0.1) is 0 Å². The van der Waals surface area contributed by atoms with Crippen LogP contribution in [0.1, 0.15) is 22.8 Å². The Balaban J connectivity index is 1.97. The third-order valence-electron chi connectivity index (χ3n) is 3.51.